The van der Waals surface area contributed by atoms with Crippen molar-refractivity contribution in [3.05, 3.63) is 64.8 Å². The van der Waals surface area contributed by atoms with E-state index in [0.29, 0.717) is 6.54 Å². The summed E-state index contributed by atoms with van der Waals surface area (Å²) in [5, 5.41) is 10.8. The van der Waals surface area contributed by atoms with E-state index >= 15 is 0 Å². The van der Waals surface area contributed by atoms with Gasteiger partial charge in [-0.1, -0.05) is 18.5 Å². The van der Waals surface area contributed by atoms with Crippen LogP contribution in [0, 0.1) is 11.6 Å². The van der Waals surface area contributed by atoms with Gasteiger partial charge in [0.25, 0.3) is 5.91 Å². The summed E-state index contributed by atoms with van der Waals surface area (Å²) in [6, 6.07) is 6.34. The highest BCUT2D eigenvalue weighted by Gasteiger charge is 2.18. The number of H-pyrrole nitrogens is 1. The third kappa shape index (κ3) is 4.73. The molecule has 9 heteroatoms. The quantitative estimate of drug-likeness (QED) is 0.637. The van der Waals surface area contributed by atoms with Gasteiger partial charge in [-0.25, -0.2) is 8.78 Å². The Morgan fingerprint density at radius 3 is 2.86 bits per heavy atom. The lowest BCUT2D eigenvalue weighted by molar-refractivity contribution is 0.0772. The molecule has 0 aliphatic carbocycles. The number of aromatic nitrogens is 3. The molecule has 0 bridgehead atoms. The maximum absolute atomic E-state index is 13.6. The van der Waals surface area contributed by atoms with Gasteiger partial charge in [-0.15, -0.1) is 0 Å². The molecule has 0 saturated heterocycles. The number of amides is 1. The van der Waals surface area contributed by atoms with Crippen molar-refractivity contribution < 1.29 is 22.8 Å². The van der Waals surface area contributed by atoms with Crippen LogP contribution in [-0.4, -0.2) is 33.2 Å². The average molecular weight is 390 g/mol. The Hall–Kier alpha value is -3.23. The van der Waals surface area contributed by atoms with Crippen LogP contribution >= 0.6 is 0 Å². The third-order valence-electron chi connectivity index (χ3n) is 3.99. The Kier molecular flexibility index (Phi) is 6.03. The molecule has 0 atom stereocenters. The van der Waals surface area contributed by atoms with Crippen molar-refractivity contribution in [3.63, 3.8) is 0 Å². The third-order valence-corrected chi connectivity index (χ3v) is 3.99. The van der Waals surface area contributed by atoms with Gasteiger partial charge in [0.2, 0.25) is 0 Å². The molecule has 28 heavy (non-hydrogen) atoms. The van der Waals surface area contributed by atoms with Gasteiger partial charge in [0, 0.05) is 19.2 Å². The fraction of sp³-hybridized carbons (Fsp3) is 0.316. The zero-order valence-corrected chi connectivity index (χ0v) is 15.5. The van der Waals surface area contributed by atoms with Crippen LogP contribution in [0.2, 0.25) is 0 Å². The molecule has 2 heterocycles. The first-order chi connectivity index (χ1) is 13.5. The summed E-state index contributed by atoms with van der Waals surface area (Å²) in [5.74, 6) is -1.73. The number of hydrogen-bond acceptors (Lipinski definition) is 5. The predicted molar refractivity (Wildman–Crippen MR) is 95.6 cm³/mol. The van der Waals surface area contributed by atoms with Crippen molar-refractivity contribution in [3.8, 4) is 5.75 Å². The van der Waals surface area contributed by atoms with Crippen molar-refractivity contribution in [2.24, 2.45) is 0 Å². The van der Waals surface area contributed by atoms with E-state index in [9.17, 15) is 13.6 Å². The van der Waals surface area contributed by atoms with E-state index in [4.69, 9.17) is 9.26 Å². The van der Waals surface area contributed by atoms with Gasteiger partial charge < -0.3 is 14.2 Å². The molecular weight excluding hydrogens is 370 g/mol. The number of carbonyl (C=O) groups is 1. The van der Waals surface area contributed by atoms with Gasteiger partial charge in [-0.05, 0) is 24.6 Å². The van der Waals surface area contributed by atoms with E-state index in [1.807, 2.05) is 6.07 Å². The summed E-state index contributed by atoms with van der Waals surface area (Å²) in [5.41, 5.74) is 1.87. The normalized spacial score (nSPS) is 10.9. The van der Waals surface area contributed by atoms with Crippen LogP contribution in [0.4, 0.5) is 8.78 Å². The number of nitrogens with one attached hydrogen (secondary N) is 1. The summed E-state index contributed by atoms with van der Waals surface area (Å²) < 4.78 is 36.8. The maximum atomic E-state index is 13.6. The highest BCUT2D eigenvalue weighted by atomic mass is 19.1. The number of ether oxygens (including phenoxy) is 1. The van der Waals surface area contributed by atoms with E-state index < -0.39 is 11.6 Å². The van der Waals surface area contributed by atoms with E-state index in [-0.39, 0.29) is 29.7 Å². The number of rotatable bonds is 8. The molecule has 0 radical (unpaired) electrons. The second kappa shape index (κ2) is 8.64. The standard InChI is InChI=1S/C19H20F2N4O3/c1-3-4-13-8-14(23-22-13)10-25(2)19(26)17-9-15(28-24-17)11-27-18-6-5-12(20)7-16(18)21/h5-9H,3-4,10-11H2,1-2H3,(H,22,23). The molecule has 3 aromatic rings. The molecule has 0 unspecified atom stereocenters. The first kappa shape index (κ1) is 19.5. The minimum Gasteiger partial charge on any atom is -0.482 e. The number of aryl methyl sites for hydroxylation is 1. The zero-order valence-electron chi connectivity index (χ0n) is 15.5. The van der Waals surface area contributed by atoms with Crippen molar-refractivity contribution in [1.29, 1.82) is 0 Å². The van der Waals surface area contributed by atoms with E-state index in [1.54, 1.807) is 7.05 Å². The first-order valence-electron chi connectivity index (χ1n) is 8.78. The fourth-order valence-corrected chi connectivity index (χ4v) is 2.62. The Morgan fingerprint density at radius 2 is 2.11 bits per heavy atom. The van der Waals surface area contributed by atoms with Gasteiger partial charge in [0.1, 0.15) is 12.4 Å². The lowest BCUT2D eigenvalue weighted by atomic mass is 10.2. The number of nitrogens with zero attached hydrogens (tertiary/aromatic N) is 3. The van der Waals surface area contributed by atoms with Gasteiger partial charge in [-0.2, -0.15) is 5.10 Å². The number of benzene rings is 1. The number of aromatic amines is 1. The second-order valence-electron chi connectivity index (χ2n) is 6.34. The smallest absolute Gasteiger partial charge is 0.276 e. The van der Waals surface area contributed by atoms with Crippen molar-refractivity contribution >= 4 is 5.91 Å². The molecule has 1 aromatic carbocycles. The zero-order chi connectivity index (χ0) is 20.1. The Balaban J connectivity index is 1.58. The molecule has 1 N–H and O–H groups in total. The molecule has 0 saturated carbocycles. The van der Waals surface area contributed by atoms with E-state index in [2.05, 4.69) is 22.3 Å². The molecule has 0 fully saturated rings. The van der Waals surface area contributed by atoms with Gasteiger partial charge in [-0.3, -0.25) is 9.89 Å². The Morgan fingerprint density at radius 1 is 1.29 bits per heavy atom. The predicted octanol–water partition coefficient (Wildman–Crippen LogP) is 3.48. The maximum Gasteiger partial charge on any atom is 0.276 e. The van der Waals surface area contributed by atoms with Crippen LogP contribution in [0.15, 0.2) is 34.9 Å². The van der Waals surface area contributed by atoms with Crippen LogP contribution in [0.1, 0.15) is 41.0 Å². The largest absolute Gasteiger partial charge is 0.482 e. The number of carbonyl (C=O) groups excluding carboxylic acids is 1. The van der Waals surface area contributed by atoms with Crippen LogP contribution in [0.25, 0.3) is 0 Å². The van der Waals surface area contributed by atoms with Crippen molar-refractivity contribution in [1.82, 2.24) is 20.3 Å². The summed E-state index contributed by atoms with van der Waals surface area (Å²) in [4.78, 5) is 14.0. The van der Waals surface area contributed by atoms with Crippen molar-refractivity contribution in [2.75, 3.05) is 7.05 Å². The second-order valence-corrected chi connectivity index (χ2v) is 6.34. The number of hydrogen-bond donors (Lipinski definition) is 1. The molecule has 1 amide bonds. The van der Waals surface area contributed by atoms with Gasteiger partial charge in [0.05, 0.1) is 17.9 Å². The average Bonchev–Trinajstić information content (AvgIpc) is 3.30. The van der Waals surface area contributed by atoms with E-state index in [0.717, 1.165) is 36.4 Å². The molecular formula is C19H20F2N4O3. The topological polar surface area (TPSA) is 84.3 Å². The van der Waals surface area contributed by atoms with Crippen LogP contribution in [-0.2, 0) is 19.6 Å². The minimum atomic E-state index is -0.822. The molecule has 0 spiro atoms. The summed E-state index contributed by atoms with van der Waals surface area (Å²) >= 11 is 0. The molecule has 7 nitrogen and oxygen atoms in total. The SMILES string of the molecule is CCCc1cc(CN(C)C(=O)c2cc(COc3ccc(F)cc3F)on2)[nH]n1. The van der Waals surface area contributed by atoms with Crippen LogP contribution < -0.4 is 4.74 Å². The molecule has 3 rings (SSSR count). The number of halogens is 2. The van der Waals surface area contributed by atoms with Gasteiger partial charge >= 0.3 is 0 Å². The summed E-state index contributed by atoms with van der Waals surface area (Å²) in [6.45, 7) is 2.27. The lowest BCUT2D eigenvalue weighted by Gasteiger charge is -2.13. The van der Waals surface area contributed by atoms with Crippen LogP contribution in [0.3, 0.4) is 0 Å². The fourth-order valence-electron chi connectivity index (χ4n) is 2.62. The molecule has 2 aromatic heterocycles. The molecule has 148 valence electrons. The highest BCUT2D eigenvalue weighted by molar-refractivity contribution is 5.92. The Bertz CT molecular complexity index is 954. The van der Waals surface area contributed by atoms with Gasteiger partial charge in [0.15, 0.2) is 23.0 Å². The highest BCUT2D eigenvalue weighted by Crippen LogP contribution is 2.19. The lowest BCUT2D eigenvalue weighted by Crippen LogP contribution is -2.26. The van der Waals surface area contributed by atoms with E-state index in [1.165, 1.54) is 17.0 Å². The Labute approximate surface area is 160 Å². The summed E-state index contributed by atoms with van der Waals surface area (Å²) in [6.07, 6.45) is 1.86. The molecule has 0 aliphatic rings. The van der Waals surface area contributed by atoms with Crippen molar-refractivity contribution in [2.45, 2.75) is 32.9 Å². The first-order valence-corrected chi connectivity index (χ1v) is 8.78. The molecule has 0 aliphatic heterocycles. The van der Waals surface area contributed by atoms with Crippen LogP contribution in [0.5, 0.6) is 5.75 Å². The summed E-state index contributed by atoms with van der Waals surface area (Å²) in [7, 11) is 1.64. The minimum absolute atomic E-state index is 0.106. The monoisotopic (exact) mass is 390 g/mol.